The molecule has 0 aromatic heterocycles. The molecule has 24 heavy (non-hydrogen) atoms. The molecule has 2 aromatic rings. The number of hydrogen-bond donors (Lipinski definition) is 1. The van der Waals surface area contributed by atoms with Crippen LogP contribution in [0.25, 0.3) is 0 Å². The Hall–Kier alpha value is -2.87. The van der Waals surface area contributed by atoms with Crippen LogP contribution in [0.2, 0.25) is 0 Å². The molecule has 2 aromatic carbocycles. The number of carbonyl (C=O) groups is 1. The van der Waals surface area contributed by atoms with E-state index in [1.807, 2.05) is 39.0 Å². The van der Waals surface area contributed by atoms with Crippen molar-refractivity contribution in [1.82, 2.24) is 0 Å². The van der Waals surface area contributed by atoms with Gasteiger partial charge in [-0.1, -0.05) is 17.7 Å². The highest BCUT2D eigenvalue weighted by Crippen LogP contribution is 2.23. The lowest BCUT2D eigenvalue weighted by Gasteiger charge is -2.20. The van der Waals surface area contributed by atoms with Crippen LogP contribution in [0, 0.1) is 37.9 Å². The van der Waals surface area contributed by atoms with E-state index in [-0.39, 0.29) is 23.7 Å². The summed E-state index contributed by atoms with van der Waals surface area (Å²) in [5.41, 5.74) is 4.45. The number of amides is 1. The molecule has 124 valence electrons. The van der Waals surface area contributed by atoms with Crippen molar-refractivity contribution in [3.8, 4) is 6.07 Å². The Morgan fingerprint density at radius 1 is 1.21 bits per heavy atom. The lowest BCUT2D eigenvalue weighted by Crippen LogP contribution is -2.31. The van der Waals surface area contributed by atoms with Crippen molar-refractivity contribution in [3.05, 3.63) is 58.4 Å². The number of carbonyl (C=O) groups excluding carboxylic acids is 1. The first-order valence-electron chi connectivity index (χ1n) is 7.60. The normalized spacial score (nSPS) is 10.2. The molecule has 0 heterocycles. The molecule has 0 aliphatic carbocycles. The van der Waals surface area contributed by atoms with Crippen molar-refractivity contribution in [2.75, 3.05) is 23.8 Å². The smallest absolute Gasteiger partial charge is 0.243 e. The van der Waals surface area contributed by atoms with Crippen LogP contribution >= 0.6 is 0 Å². The van der Waals surface area contributed by atoms with Gasteiger partial charge in [-0.05, 0) is 50.1 Å². The predicted octanol–water partition coefficient (Wildman–Crippen LogP) is 3.70. The van der Waals surface area contributed by atoms with E-state index < -0.39 is 5.82 Å². The fourth-order valence-electron chi connectivity index (χ4n) is 2.74. The Morgan fingerprint density at radius 3 is 2.38 bits per heavy atom. The number of rotatable bonds is 4. The van der Waals surface area contributed by atoms with Gasteiger partial charge in [0.1, 0.15) is 5.82 Å². The molecule has 0 fully saturated rings. The van der Waals surface area contributed by atoms with Gasteiger partial charge in [0.15, 0.2) is 0 Å². The molecule has 1 amide bonds. The molecule has 0 aliphatic rings. The second kappa shape index (κ2) is 7.14. The van der Waals surface area contributed by atoms with E-state index in [0.717, 1.165) is 28.4 Å². The molecular weight excluding hydrogens is 305 g/mol. The van der Waals surface area contributed by atoms with Gasteiger partial charge in [0.25, 0.3) is 0 Å². The monoisotopic (exact) mass is 325 g/mol. The fourth-order valence-corrected chi connectivity index (χ4v) is 2.74. The van der Waals surface area contributed by atoms with Crippen LogP contribution in [0.3, 0.4) is 0 Å². The van der Waals surface area contributed by atoms with E-state index >= 15 is 0 Å². The standard InChI is InChI=1S/C19H20FN3O/c1-12-7-13(2)19(14(3)8-12)22-18(24)11-23(4)17-6-5-15(10-21)9-16(17)20/h5-9H,11H2,1-4H3,(H,22,24). The maximum absolute atomic E-state index is 14.0. The van der Waals surface area contributed by atoms with Gasteiger partial charge in [-0.15, -0.1) is 0 Å². The minimum Gasteiger partial charge on any atom is -0.363 e. The molecule has 0 saturated heterocycles. The Bertz CT molecular complexity index is 801. The summed E-state index contributed by atoms with van der Waals surface area (Å²) >= 11 is 0. The zero-order chi connectivity index (χ0) is 17.9. The summed E-state index contributed by atoms with van der Waals surface area (Å²) in [5, 5.41) is 11.7. The first-order valence-corrected chi connectivity index (χ1v) is 7.60. The molecular formula is C19H20FN3O. The van der Waals surface area contributed by atoms with E-state index in [4.69, 9.17) is 5.26 Å². The maximum Gasteiger partial charge on any atom is 0.243 e. The van der Waals surface area contributed by atoms with Gasteiger partial charge in [-0.25, -0.2) is 4.39 Å². The van der Waals surface area contributed by atoms with Crippen LogP contribution < -0.4 is 10.2 Å². The SMILES string of the molecule is Cc1cc(C)c(NC(=O)CN(C)c2ccc(C#N)cc2F)c(C)c1. The minimum atomic E-state index is -0.521. The molecule has 0 radical (unpaired) electrons. The highest BCUT2D eigenvalue weighted by molar-refractivity contribution is 5.95. The highest BCUT2D eigenvalue weighted by Gasteiger charge is 2.14. The van der Waals surface area contributed by atoms with Crippen molar-refractivity contribution in [2.24, 2.45) is 0 Å². The second-order valence-corrected chi connectivity index (χ2v) is 5.96. The minimum absolute atomic E-state index is 0.00950. The molecule has 2 rings (SSSR count). The van der Waals surface area contributed by atoms with Gasteiger partial charge >= 0.3 is 0 Å². The van der Waals surface area contributed by atoms with Crippen molar-refractivity contribution in [2.45, 2.75) is 20.8 Å². The van der Waals surface area contributed by atoms with E-state index in [2.05, 4.69) is 5.32 Å². The first-order chi connectivity index (χ1) is 11.3. The van der Waals surface area contributed by atoms with Gasteiger partial charge in [0.2, 0.25) is 5.91 Å². The van der Waals surface area contributed by atoms with Gasteiger partial charge in [0, 0.05) is 12.7 Å². The van der Waals surface area contributed by atoms with Crippen molar-refractivity contribution in [1.29, 1.82) is 5.26 Å². The highest BCUT2D eigenvalue weighted by atomic mass is 19.1. The third-order valence-corrected chi connectivity index (χ3v) is 3.81. The zero-order valence-corrected chi connectivity index (χ0v) is 14.3. The molecule has 0 aliphatic heterocycles. The van der Waals surface area contributed by atoms with Gasteiger partial charge < -0.3 is 10.2 Å². The van der Waals surface area contributed by atoms with E-state index in [9.17, 15) is 9.18 Å². The second-order valence-electron chi connectivity index (χ2n) is 5.96. The van der Waals surface area contributed by atoms with Crippen molar-refractivity contribution in [3.63, 3.8) is 0 Å². The summed E-state index contributed by atoms with van der Waals surface area (Å²) < 4.78 is 14.0. The summed E-state index contributed by atoms with van der Waals surface area (Å²) in [6.07, 6.45) is 0. The number of halogens is 1. The summed E-state index contributed by atoms with van der Waals surface area (Å²) in [6.45, 7) is 5.90. The molecule has 1 N–H and O–H groups in total. The number of anilines is 2. The number of nitriles is 1. The number of nitrogens with zero attached hydrogens (tertiary/aromatic N) is 2. The molecule has 0 unspecified atom stereocenters. The van der Waals surface area contributed by atoms with Crippen LogP contribution in [0.15, 0.2) is 30.3 Å². The molecule has 0 saturated carbocycles. The van der Waals surface area contributed by atoms with Gasteiger partial charge in [0.05, 0.1) is 23.9 Å². The molecule has 4 nitrogen and oxygen atoms in total. The van der Waals surface area contributed by atoms with Crippen molar-refractivity contribution < 1.29 is 9.18 Å². The third kappa shape index (κ3) is 3.90. The van der Waals surface area contributed by atoms with Gasteiger partial charge in [-0.3, -0.25) is 4.79 Å². The Kier molecular flexibility index (Phi) is 5.20. The van der Waals surface area contributed by atoms with Crippen LogP contribution in [0.4, 0.5) is 15.8 Å². The Labute approximate surface area is 141 Å². The Morgan fingerprint density at radius 2 is 1.83 bits per heavy atom. The van der Waals surface area contributed by atoms with Gasteiger partial charge in [-0.2, -0.15) is 5.26 Å². The van der Waals surface area contributed by atoms with Crippen molar-refractivity contribution >= 4 is 17.3 Å². The van der Waals surface area contributed by atoms with E-state index in [1.54, 1.807) is 7.05 Å². The lowest BCUT2D eigenvalue weighted by atomic mass is 10.1. The molecule has 0 bridgehead atoms. The van der Waals surface area contributed by atoms with E-state index in [0.29, 0.717) is 0 Å². The molecule has 0 atom stereocenters. The summed E-state index contributed by atoms with van der Waals surface area (Å²) in [6, 6.07) is 10.1. The van der Waals surface area contributed by atoms with Crippen LogP contribution in [-0.4, -0.2) is 19.5 Å². The number of benzene rings is 2. The number of aryl methyl sites for hydroxylation is 3. The van der Waals surface area contributed by atoms with Crippen LogP contribution in [-0.2, 0) is 4.79 Å². The van der Waals surface area contributed by atoms with E-state index in [1.165, 1.54) is 17.0 Å². The average molecular weight is 325 g/mol. The molecule has 5 heteroatoms. The predicted molar refractivity (Wildman–Crippen MR) is 93.7 cm³/mol. The number of likely N-dealkylation sites (N-methyl/N-ethyl adjacent to an activating group) is 1. The number of hydrogen-bond acceptors (Lipinski definition) is 3. The topological polar surface area (TPSA) is 56.1 Å². The average Bonchev–Trinajstić information content (AvgIpc) is 2.50. The van der Waals surface area contributed by atoms with Crippen LogP contribution in [0.5, 0.6) is 0 Å². The van der Waals surface area contributed by atoms with Crippen LogP contribution in [0.1, 0.15) is 22.3 Å². The summed E-state index contributed by atoms with van der Waals surface area (Å²) in [5.74, 6) is -0.747. The number of nitrogens with one attached hydrogen (secondary N) is 1. The largest absolute Gasteiger partial charge is 0.363 e. The quantitative estimate of drug-likeness (QED) is 0.932. The summed E-state index contributed by atoms with van der Waals surface area (Å²) in [7, 11) is 1.64. The third-order valence-electron chi connectivity index (χ3n) is 3.81. The summed E-state index contributed by atoms with van der Waals surface area (Å²) in [4.78, 5) is 13.8. The zero-order valence-electron chi connectivity index (χ0n) is 14.3. The maximum atomic E-state index is 14.0. The first kappa shape index (κ1) is 17.5. The molecule has 0 spiro atoms. The Balaban J connectivity index is 2.12. The fraction of sp³-hybridized carbons (Fsp3) is 0.263. The lowest BCUT2D eigenvalue weighted by molar-refractivity contribution is -0.114.